The summed E-state index contributed by atoms with van der Waals surface area (Å²) in [6.07, 6.45) is -5.31. The first-order valence-corrected chi connectivity index (χ1v) is 6.19. The monoisotopic (exact) mass is 339 g/mol. The van der Waals surface area contributed by atoms with Gasteiger partial charge in [0.25, 0.3) is 5.91 Å². The van der Waals surface area contributed by atoms with E-state index in [1.807, 2.05) is 0 Å². The van der Waals surface area contributed by atoms with Crippen LogP contribution in [0.25, 0.3) is 0 Å². The third-order valence-electron chi connectivity index (χ3n) is 2.48. The van der Waals surface area contributed by atoms with Crippen LogP contribution in [0.1, 0.15) is 16.8 Å². The molecule has 0 saturated carbocycles. The number of alkyl halides is 3. The van der Waals surface area contributed by atoms with Crippen molar-refractivity contribution < 1.29 is 22.7 Å². The van der Waals surface area contributed by atoms with Crippen LogP contribution in [0, 0.1) is 0 Å². The number of rotatable bonds is 4. The predicted molar refractivity (Wildman–Crippen MR) is 68.3 cm³/mol. The molecule has 1 rings (SSSR count). The Kier molecular flexibility index (Phi) is 5.22. The fourth-order valence-electron chi connectivity index (χ4n) is 1.40. The number of hydrogen-bond acceptors (Lipinski definition) is 2. The summed E-state index contributed by atoms with van der Waals surface area (Å²) in [4.78, 5) is 13.1. The summed E-state index contributed by atoms with van der Waals surface area (Å²) in [7, 11) is 2.78. The summed E-state index contributed by atoms with van der Waals surface area (Å²) in [6, 6.07) is 4.75. The number of nitrogens with zero attached hydrogens (tertiary/aromatic N) is 1. The lowest BCUT2D eigenvalue weighted by molar-refractivity contribution is -0.136. The van der Waals surface area contributed by atoms with Crippen molar-refractivity contribution in [2.45, 2.75) is 12.6 Å². The second kappa shape index (κ2) is 6.27. The maximum absolute atomic E-state index is 12.1. The smallest absolute Gasteiger partial charge is 0.390 e. The van der Waals surface area contributed by atoms with Gasteiger partial charge in [-0.05, 0) is 34.1 Å². The van der Waals surface area contributed by atoms with Gasteiger partial charge < -0.3 is 9.64 Å². The van der Waals surface area contributed by atoms with Crippen LogP contribution in [0.4, 0.5) is 13.2 Å². The molecule has 0 fully saturated rings. The highest BCUT2D eigenvalue weighted by Gasteiger charge is 2.28. The minimum atomic E-state index is -4.28. The van der Waals surface area contributed by atoms with Gasteiger partial charge in [-0.25, -0.2) is 0 Å². The average Bonchev–Trinajstić information content (AvgIpc) is 2.35. The van der Waals surface area contributed by atoms with E-state index in [1.54, 1.807) is 12.1 Å². The molecule has 0 spiro atoms. The van der Waals surface area contributed by atoms with Gasteiger partial charge in [-0.15, -0.1) is 0 Å². The number of carbonyl (C=O) groups is 1. The number of carbonyl (C=O) groups excluding carboxylic acids is 1. The second-order valence-corrected chi connectivity index (χ2v) is 4.79. The van der Waals surface area contributed by atoms with E-state index in [-0.39, 0.29) is 12.1 Å². The lowest BCUT2D eigenvalue weighted by atomic mass is 10.2. The number of methoxy groups -OCH3 is 1. The molecule has 0 aliphatic rings. The Bertz CT molecular complexity index is 463. The molecule has 19 heavy (non-hydrogen) atoms. The molecule has 3 nitrogen and oxygen atoms in total. The van der Waals surface area contributed by atoms with Gasteiger partial charge in [0.05, 0.1) is 19.1 Å². The van der Waals surface area contributed by atoms with Gasteiger partial charge >= 0.3 is 6.18 Å². The van der Waals surface area contributed by atoms with Gasteiger partial charge in [-0.1, -0.05) is 0 Å². The van der Waals surface area contributed by atoms with Crippen molar-refractivity contribution >= 4 is 21.8 Å². The molecule has 7 heteroatoms. The number of ether oxygens (including phenoxy) is 1. The van der Waals surface area contributed by atoms with Crippen LogP contribution < -0.4 is 4.74 Å². The van der Waals surface area contributed by atoms with Gasteiger partial charge in [0, 0.05) is 18.1 Å². The van der Waals surface area contributed by atoms with E-state index in [2.05, 4.69) is 15.9 Å². The van der Waals surface area contributed by atoms with E-state index in [9.17, 15) is 18.0 Å². The maximum atomic E-state index is 12.1. The Balaban J connectivity index is 2.82. The maximum Gasteiger partial charge on any atom is 0.390 e. The molecule has 106 valence electrons. The Hall–Kier alpha value is -1.24. The molecule has 0 atom stereocenters. The molecule has 0 heterocycles. The zero-order valence-corrected chi connectivity index (χ0v) is 12.0. The zero-order valence-electron chi connectivity index (χ0n) is 10.4. The molecule has 1 aromatic rings. The zero-order chi connectivity index (χ0) is 14.6. The van der Waals surface area contributed by atoms with E-state index in [1.165, 1.54) is 20.2 Å². The SMILES string of the molecule is COc1ccc(Br)c(C(=O)N(C)CCC(F)(F)F)c1. The van der Waals surface area contributed by atoms with Crippen LogP contribution in [0.2, 0.25) is 0 Å². The first-order valence-electron chi connectivity index (χ1n) is 5.40. The number of hydrogen-bond donors (Lipinski definition) is 0. The van der Waals surface area contributed by atoms with Crippen molar-refractivity contribution in [3.05, 3.63) is 28.2 Å². The van der Waals surface area contributed by atoms with Crippen molar-refractivity contribution in [3.8, 4) is 5.75 Å². The molecule has 0 aliphatic carbocycles. The van der Waals surface area contributed by atoms with E-state index >= 15 is 0 Å². The number of benzene rings is 1. The van der Waals surface area contributed by atoms with Gasteiger partial charge in [-0.3, -0.25) is 4.79 Å². The molecule has 0 aliphatic heterocycles. The fraction of sp³-hybridized carbons (Fsp3) is 0.417. The molecule has 0 aromatic heterocycles. The van der Waals surface area contributed by atoms with Crippen molar-refractivity contribution in [1.29, 1.82) is 0 Å². The fourth-order valence-corrected chi connectivity index (χ4v) is 1.81. The van der Waals surface area contributed by atoms with E-state index in [4.69, 9.17) is 4.74 Å². The normalized spacial score (nSPS) is 11.3. The Labute approximate surface area is 117 Å². The van der Waals surface area contributed by atoms with E-state index in [0.29, 0.717) is 10.2 Å². The van der Waals surface area contributed by atoms with Gasteiger partial charge in [0.1, 0.15) is 5.75 Å². The molecule has 0 radical (unpaired) electrons. The molecule has 0 unspecified atom stereocenters. The summed E-state index contributed by atoms with van der Waals surface area (Å²) >= 11 is 3.19. The summed E-state index contributed by atoms with van der Waals surface area (Å²) in [5.41, 5.74) is 0.268. The molecular weight excluding hydrogens is 327 g/mol. The van der Waals surface area contributed by atoms with Crippen LogP contribution in [0.3, 0.4) is 0 Å². The number of amides is 1. The first kappa shape index (κ1) is 15.8. The van der Waals surface area contributed by atoms with Crippen LogP contribution in [-0.2, 0) is 0 Å². The van der Waals surface area contributed by atoms with Crippen LogP contribution in [-0.4, -0.2) is 37.7 Å². The quantitative estimate of drug-likeness (QED) is 0.840. The molecule has 0 saturated heterocycles. The highest BCUT2D eigenvalue weighted by molar-refractivity contribution is 9.10. The van der Waals surface area contributed by atoms with E-state index in [0.717, 1.165) is 4.90 Å². The summed E-state index contributed by atoms with van der Waals surface area (Å²) in [5, 5.41) is 0. The first-order chi connectivity index (χ1) is 8.74. The average molecular weight is 340 g/mol. The molecule has 1 amide bonds. The van der Waals surface area contributed by atoms with Crippen LogP contribution >= 0.6 is 15.9 Å². The van der Waals surface area contributed by atoms with Crippen molar-refractivity contribution in [1.82, 2.24) is 4.90 Å². The van der Waals surface area contributed by atoms with E-state index < -0.39 is 18.5 Å². The van der Waals surface area contributed by atoms with Crippen LogP contribution in [0.15, 0.2) is 22.7 Å². The van der Waals surface area contributed by atoms with Gasteiger partial charge in [-0.2, -0.15) is 13.2 Å². The van der Waals surface area contributed by atoms with Gasteiger partial charge in [0.2, 0.25) is 0 Å². The lowest BCUT2D eigenvalue weighted by Crippen LogP contribution is -2.30. The molecule has 0 N–H and O–H groups in total. The third-order valence-corrected chi connectivity index (χ3v) is 3.17. The Morgan fingerprint density at radius 3 is 2.58 bits per heavy atom. The topological polar surface area (TPSA) is 29.5 Å². The highest BCUT2D eigenvalue weighted by Crippen LogP contribution is 2.24. The summed E-state index contributed by atoms with van der Waals surface area (Å²) in [6.45, 7) is -0.383. The second-order valence-electron chi connectivity index (χ2n) is 3.94. The minimum Gasteiger partial charge on any atom is -0.497 e. The molecule has 0 bridgehead atoms. The lowest BCUT2D eigenvalue weighted by Gasteiger charge is -2.19. The van der Waals surface area contributed by atoms with Gasteiger partial charge in [0.15, 0.2) is 0 Å². The molecular formula is C12H13BrF3NO2. The highest BCUT2D eigenvalue weighted by atomic mass is 79.9. The predicted octanol–water partition coefficient (Wildman–Crippen LogP) is 3.48. The minimum absolute atomic E-state index is 0.268. The summed E-state index contributed by atoms with van der Waals surface area (Å²) in [5.74, 6) is -0.0224. The largest absolute Gasteiger partial charge is 0.497 e. The Morgan fingerprint density at radius 1 is 1.42 bits per heavy atom. The van der Waals surface area contributed by atoms with Crippen LogP contribution in [0.5, 0.6) is 5.75 Å². The van der Waals surface area contributed by atoms with Crippen molar-refractivity contribution in [3.63, 3.8) is 0 Å². The Morgan fingerprint density at radius 2 is 2.05 bits per heavy atom. The molecule has 1 aromatic carbocycles. The third kappa shape index (κ3) is 4.74. The number of halogens is 4. The van der Waals surface area contributed by atoms with Crippen molar-refractivity contribution in [2.24, 2.45) is 0 Å². The summed E-state index contributed by atoms with van der Waals surface area (Å²) < 4.78 is 41.8. The van der Waals surface area contributed by atoms with Crippen molar-refractivity contribution in [2.75, 3.05) is 20.7 Å². The standard InChI is InChI=1S/C12H13BrF3NO2/c1-17(6-5-12(14,15)16)11(18)9-7-8(19-2)3-4-10(9)13/h3-4,7H,5-6H2,1-2H3.